The molecule has 2 amide bonds. The number of hydrogen-bond donors (Lipinski definition) is 3. The van der Waals surface area contributed by atoms with Gasteiger partial charge >= 0.3 is 6.03 Å². The summed E-state index contributed by atoms with van der Waals surface area (Å²) in [6, 6.07) is 16.4. The standard InChI is InChI=1S/C20H23N3O/c1-15-7-8-18-17(14-23-19(18)13-15)10-12-22-20(24)21-11-9-16-5-3-2-4-6-16/h2-8,13-14,23H,9-12H2,1H3,(H2,21,22,24). The maximum absolute atomic E-state index is 11.8. The third-order valence-corrected chi connectivity index (χ3v) is 4.14. The van der Waals surface area contributed by atoms with Gasteiger partial charge in [0.1, 0.15) is 0 Å². The summed E-state index contributed by atoms with van der Waals surface area (Å²) in [4.78, 5) is 15.1. The SMILES string of the molecule is Cc1ccc2c(CCNC(=O)NCCc3ccccc3)c[nH]c2c1. The number of aryl methyl sites for hydroxylation is 1. The van der Waals surface area contributed by atoms with Crippen LogP contribution in [0.1, 0.15) is 16.7 Å². The van der Waals surface area contributed by atoms with Gasteiger partial charge in [0.2, 0.25) is 0 Å². The van der Waals surface area contributed by atoms with Gasteiger partial charge < -0.3 is 15.6 Å². The van der Waals surface area contributed by atoms with Crippen LogP contribution in [0, 0.1) is 6.92 Å². The van der Waals surface area contributed by atoms with Crippen LogP contribution >= 0.6 is 0 Å². The van der Waals surface area contributed by atoms with E-state index in [1.807, 2.05) is 24.4 Å². The van der Waals surface area contributed by atoms with Crippen molar-refractivity contribution in [2.75, 3.05) is 13.1 Å². The number of aromatic amines is 1. The molecule has 1 aromatic heterocycles. The van der Waals surface area contributed by atoms with Crippen LogP contribution in [0.5, 0.6) is 0 Å². The van der Waals surface area contributed by atoms with Gasteiger partial charge in [0, 0.05) is 30.2 Å². The largest absolute Gasteiger partial charge is 0.361 e. The van der Waals surface area contributed by atoms with Crippen LogP contribution in [0.3, 0.4) is 0 Å². The van der Waals surface area contributed by atoms with Crippen LogP contribution in [0.2, 0.25) is 0 Å². The molecule has 124 valence electrons. The first-order chi connectivity index (χ1) is 11.7. The molecule has 0 fully saturated rings. The summed E-state index contributed by atoms with van der Waals surface area (Å²) in [6.45, 7) is 3.35. The Balaban J connectivity index is 1.41. The van der Waals surface area contributed by atoms with Crippen molar-refractivity contribution >= 4 is 16.9 Å². The van der Waals surface area contributed by atoms with Gasteiger partial charge in [-0.15, -0.1) is 0 Å². The highest BCUT2D eigenvalue weighted by Gasteiger charge is 2.05. The van der Waals surface area contributed by atoms with Crippen molar-refractivity contribution in [2.45, 2.75) is 19.8 Å². The summed E-state index contributed by atoms with van der Waals surface area (Å²) < 4.78 is 0. The smallest absolute Gasteiger partial charge is 0.314 e. The number of carbonyl (C=O) groups is 1. The van der Waals surface area contributed by atoms with Crippen molar-refractivity contribution in [3.8, 4) is 0 Å². The Labute approximate surface area is 142 Å². The van der Waals surface area contributed by atoms with Gasteiger partial charge in [-0.1, -0.05) is 42.5 Å². The molecule has 0 unspecified atom stereocenters. The fraction of sp³-hybridized carbons (Fsp3) is 0.250. The van der Waals surface area contributed by atoms with E-state index in [-0.39, 0.29) is 6.03 Å². The van der Waals surface area contributed by atoms with E-state index in [0.717, 1.165) is 18.4 Å². The van der Waals surface area contributed by atoms with Crippen LogP contribution < -0.4 is 10.6 Å². The lowest BCUT2D eigenvalue weighted by atomic mass is 10.1. The van der Waals surface area contributed by atoms with Crippen molar-refractivity contribution in [1.29, 1.82) is 0 Å². The van der Waals surface area contributed by atoms with Crippen molar-refractivity contribution in [2.24, 2.45) is 0 Å². The maximum Gasteiger partial charge on any atom is 0.314 e. The highest BCUT2D eigenvalue weighted by atomic mass is 16.2. The summed E-state index contributed by atoms with van der Waals surface area (Å²) in [5.41, 5.74) is 4.85. The fourth-order valence-electron chi connectivity index (χ4n) is 2.85. The molecule has 2 aromatic carbocycles. The fourth-order valence-corrected chi connectivity index (χ4v) is 2.85. The number of H-pyrrole nitrogens is 1. The van der Waals surface area contributed by atoms with Crippen LogP contribution in [-0.2, 0) is 12.8 Å². The Kier molecular flexibility index (Phi) is 5.16. The van der Waals surface area contributed by atoms with E-state index in [1.165, 1.54) is 22.1 Å². The lowest BCUT2D eigenvalue weighted by Crippen LogP contribution is -2.37. The molecule has 3 rings (SSSR count). The van der Waals surface area contributed by atoms with Gasteiger partial charge in [0.25, 0.3) is 0 Å². The summed E-state index contributed by atoms with van der Waals surface area (Å²) in [6.07, 6.45) is 3.68. The second kappa shape index (κ2) is 7.68. The molecule has 0 spiro atoms. The van der Waals surface area contributed by atoms with Crippen LogP contribution in [-0.4, -0.2) is 24.1 Å². The first kappa shape index (κ1) is 16.1. The first-order valence-electron chi connectivity index (χ1n) is 8.34. The average Bonchev–Trinajstić information content (AvgIpc) is 2.98. The molecule has 3 N–H and O–H groups in total. The maximum atomic E-state index is 11.8. The Hall–Kier alpha value is -2.75. The number of fused-ring (bicyclic) bond motifs is 1. The van der Waals surface area contributed by atoms with E-state index >= 15 is 0 Å². The minimum atomic E-state index is -0.110. The molecule has 0 saturated carbocycles. The average molecular weight is 321 g/mol. The van der Waals surface area contributed by atoms with E-state index in [9.17, 15) is 4.79 Å². The number of carbonyl (C=O) groups excluding carboxylic acids is 1. The minimum Gasteiger partial charge on any atom is -0.361 e. The molecule has 24 heavy (non-hydrogen) atoms. The number of amides is 2. The van der Waals surface area contributed by atoms with E-state index < -0.39 is 0 Å². The number of rotatable bonds is 6. The molecule has 0 atom stereocenters. The Morgan fingerprint density at radius 1 is 1.00 bits per heavy atom. The van der Waals surface area contributed by atoms with Crippen molar-refractivity contribution in [1.82, 2.24) is 15.6 Å². The summed E-state index contributed by atoms with van der Waals surface area (Å²) in [5, 5.41) is 7.05. The number of benzene rings is 2. The lowest BCUT2D eigenvalue weighted by Gasteiger charge is -2.07. The molecule has 0 aliphatic carbocycles. The summed E-state index contributed by atoms with van der Waals surface area (Å²) >= 11 is 0. The van der Waals surface area contributed by atoms with E-state index in [4.69, 9.17) is 0 Å². The zero-order chi connectivity index (χ0) is 16.8. The van der Waals surface area contributed by atoms with Crippen molar-refractivity contribution in [3.63, 3.8) is 0 Å². The van der Waals surface area contributed by atoms with Crippen LogP contribution in [0.4, 0.5) is 4.79 Å². The Morgan fingerprint density at radius 2 is 1.75 bits per heavy atom. The van der Waals surface area contributed by atoms with E-state index in [1.54, 1.807) is 0 Å². The Morgan fingerprint density at radius 3 is 2.54 bits per heavy atom. The summed E-state index contributed by atoms with van der Waals surface area (Å²) in [7, 11) is 0. The molecule has 0 saturated heterocycles. The number of aromatic nitrogens is 1. The second-order valence-electron chi connectivity index (χ2n) is 6.03. The highest BCUT2D eigenvalue weighted by Crippen LogP contribution is 2.19. The third kappa shape index (κ3) is 4.16. The predicted octanol–water partition coefficient (Wildman–Crippen LogP) is 3.56. The minimum absolute atomic E-state index is 0.110. The topological polar surface area (TPSA) is 56.9 Å². The van der Waals surface area contributed by atoms with Crippen LogP contribution in [0.25, 0.3) is 10.9 Å². The molecular weight excluding hydrogens is 298 g/mol. The van der Waals surface area contributed by atoms with Gasteiger partial charge in [-0.05, 0) is 42.5 Å². The van der Waals surface area contributed by atoms with Crippen LogP contribution in [0.15, 0.2) is 54.7 Å². The number of nitrogens with one attached hydrogen (secondary N) is 3. The first-order valence-corrected chi connectivity index (χ1v) is 8.34. The molecule has 0 bridgehead atoms. The molecule has 0 aliphatic rings. The van der Waals surface area contributed by atoms with E-state index in [0.29, 0.717) is 13.1 Å². The quantitative estimate of drug-likeness (QED) is 0.639. The van der Waals surface area contributed by atoms with Gasteiger partial charge in [0.15, 0.2) is 0 Å². The predicted molar refractivity (Wildman–Crippen MR) is 98.3 cm³/mol. The Bertz CT molecular complexity index is 808. The molecular formula is C20H23N3O. The molecule has 0 aliphatic heterocycles. The summed E-state index contributed by atoms with van der Waals surface area (Å²) in [5.74, 6) is 0. The molecule has 4 nitrogen and oxygen atoms in total. The van der Waals surface area contributed by atoms with Gasteiger partial charge in [0.05, 0.1) is 0 Å². The normalized spacial score (nSPS) is 10.7. The van der Waals surface area contributed by atoms with E-state index in [2.05, 4.69) is 52.9 Å². The number of urea groups is 1. The zero-order valence-electron chi connectivity index (χ0n) is 13.9. The molecule has 3 aromatic rings. The molecule has 1 heterocycles. The molecule has 4 heteroatoms. The monoisotopic (exact) mass is 321 g/mol. The second-order valence-corrected chi connectivity index (χ2v) is 6.03. The highest BCUT2D eigenvalue weighted by molar-refractivity contribution is 5.83. The zero-order valence-corrected chi connectivity index (χ0v) is 13.9. The van der Waals surface area contributed by atoms with Crippen molar-refractivity contribution in [3.05, 3.63) is 71.4 Å². The number of hydrogen-bond acceptors (Lipinski definition) is 1. The third-order valence-electron chi connectivity index (χ3n) is 4.14. The van der Waals surface area contributed by atoms with Gasteiger partial charge in [-0.25, -0.2) is 4.79 Å². The molecule has 0 radical (unpaired) electrons. The van der Waals surface area contributed by atoms with Gasteiger partial charge in [-0.3, -0.25) is 0 Å². The van der Waals surface area contributed by atoms with Crippen molar-refractivity contribution < 1.29 is 4.79 Å². The van der Waals surface area contributed by atoms with Gasteiger partial charge in [-0.2, -0.15) is 0 Å². The lowest BCUT2D eigenvalue weighted by molar-refractivity contribution is 0.241.